The summed E-state index contributed by atoms with van der Waals surface area (Å²) in [5.41, 5.74) is 0. The van der Waals surface area contributed by atoms with Crippen molar-refractivity contribution in [2.45, 2.75) is 55.4 Å². The molecule has 134 valence electrons. The lowest BCUT2D eigenvalue weighted by molar-refractivity contribution is 0.0364. The lowest BCUT2D eigenvalue weighted by atomic mass is 10.0. The number of hydrogen-bond donors (Lipinski definition) is 0. The Hall–Kier alpha value is -1.32. The number of rotatable bonds is 4. The van der Waals surface area contributed by atoms with Gasteiger partial charge < -0.3 is 18.9 Å². The summed E-state index contributed by atoms with van der Waals surface area (Å²) in [6.07, 6.45) is 0. The van der Waals surface area contributed by atoms with Crippen LogP contribution in [-0.4, -0.2) is 20.0 Å². The van der Waals surface area contributed by atoms with E-state index in [0.29, 0.717) is 43.7 Å². The van der Waals surface area contributed by atoms with Crippen molar-refractivity contribution in [3.63, 3.8) is 0 Å². The van der Waals surface area contributed by atoms with Crippen LogP contribution in [0.15, 0.2) is 23.0 Å². The fraction of sp³-hybridized carbons (Fsp3) is 0.789. The van der Waals surface area contributed by atoms with Crippen LogP contribution in [0, 0.1) is 23.7 Å². The molecule has 2 rings (SSSR count). The Morgan fingerprint density at radius 1 is 0.478 bits per heavy atom. The van der Waals surface area contributed by atoms with E-state index in [1.165, 1.54) is 0 Å². The lowest BCUT2D eigenvalue weighted by Crippen LogP contribution is -2.19. The maximum atomic E-state index is 5.57. The van der Waals surface area contributed by atoms with Crippen molar-refractivity contribution >= 4 is 0 Å². The van der Waals surface area contributed by atoms with E-state index in [9.17, 15) is 0 Å². The summed E-state index contributed by atoms with van der Waals surface area (Å²) < 4.78 is 21.8. The molecule has 0 aromatic carbocycles. The van der Waals surface area contributed by atoms with Crippen molar-refractivity contribution in [1.82, 2.24) is 0 Å². The summed E-state index contributed by atoms with van der Waals surface area (Å²) in [6.45, 7) is 18.8. The van der Waals surface area contributed by atoms with Crippen molar-refractivity contribution in [2.24, 2.45) is 23.7 Å². The standard InChI is InChI=1S/C10H18O2.C9H16O2/c1-7(2)9-10(8(3)4)12-6-5-11-9;1-6(2)8-9(7(3)4)11-5-10-8/h7-8H,5-6H2,1-4H3;6-7H,5H2,1-4H3. The molecule has 0 atom stereocenters. The van der Waals surface area contributed by atoms with E-state index in [0.717, 1.165) is 23.0 Å². The maximum Gasteiger partial charge on any atom is 0.230 e. The van der Waals surface area contributed by atoms with Gasteiger partial charge in [-0.2, -0.15) is 0 Å². The van der Waals surface area contributed by atoms with Gasteiger partial charge in [-0.3, -0.25) is 0 Å². The zero-order valence-electron chi connectivity index (χ0n) is 16.1. The normalized spacial score (nSPS) is 17.9. The van der Waals surface area contributed by atoms with Crippen molar-refractivity contribution in [2.75, 3.05) is 20.0 Å². The minimum Gasteiger partial charge on any atom is -0.491 e. The fourth-order valence-electron chi connectivity index (χ4n) is 2.55. The van der Waals surface area contributed by atoms with Crippen LogP contribution in [0.1, 0.15) is 55.4 Å². The second-order valence-electron chi connectivity index (χ2n) is 7.18. The molecule has 0 aromatic heterocycles. The smallest absolute Gasteiger partial charge is 0.230 e. The Balaban J connectivity index is 0.000000231. The predicted molar refractivity (Wildman–Crippen MR) is 92.3 cm³/mol. The Labute approximate surface area is 141 Å². The summed E-state index contributed by atoms with van der Waals surface area (Å²) in [5, 5.41) is 0. The topological polar surface area (TPSA) is 36.9 Å². The first-order valence-corrected chi connectivity index (χ1v) is 8.74. The lowest BCUT2D eigenvalue weighted by Gasteiger charge is -2.26. The third-order valence-electron chi connectivity index (χ3n) is 3.61. The molecule has 4 heteroatoms. The van der Waals surface area contributed by atoms with Crippen LogP contribution >= 0.6 is 0 Å². The van der Waals surface area contributed by atoms with Gasteiger partial charge in [0, 0.05) is 23.7 Å². The molecule has 4 nitrogen and oxygen atoms in total. The highest BCUT2D eigenvalue weighted by Gasteiger charge is 2.22. The second kappa shape index (κ2) is 9.09. The first-order chi connectivity index (χ1) is 10.8. The molecule has 2 aliphatic rings. The largest absolute Gasteiger partial charge is 0.491 e. The van der Waals surface area contributed by atoms with Gasteiger partial charge in [-0.25, -0.2) is 0 Å². The van der Waals surface area contributed by atoms with Crippen LogP contribution in [0.25, 0.3) is 0 Å². The SMILES string of the molecule is CC(C)C1=C(C(C)C)OCCO1.CC(C)C1=C(C(C)C)OCO1. The van der Waals surface area contributed by atoms with Gasteiger partial charge >= 0.3 is 0 Å². The van der Waals surface area contributed by atoms with E-state index in [4.69, 9.17) is 18.9 Å². The van der Waals surface area contributed by atoms with Gasteiger partial charge in [0.25, 0.3) is 0 Å². The van der Waals surface area contributed by atoms with Crippen LogP contribution in [0.5, 0.6) is 0 Å². The van der Waals surface area contributed by atoms with Crippen molar-refractivity contribution in [1.29, 1.82) is 0 Å². The average molecular weight is 326 g/mol. The number of allylic oxidation sites excluding steroid dienone is 4. The van der Waals surface area contributed by atoms with Gasteiger partial charge in [-0.15, -0.1) is 0 Å². The molecule has 0 N–H and O–H groups in total. The molecule has 0 bridgehead atoms. The molecule has 0 aliphatic carbocycles. The van der Waals surface area contributed by atoms with E-state index in [1.54, 1.807) is 0 Å². The highest BCUT2D eigenvalue weighted by atomic mass is 16.7. The number of ether oxygens (including phenoxy) is 4. The molecular weight excluding hydrogens is 292 g/mol. The first-order valence-electron chi connectivity index (χ1n) is 8.74. The summed E-state index contributed by atoms with van der Waals surface area (Å²) in [4.78, 5) is 0. The quantitative estimate of drug-likeness (QED) is 0.722. The molecular formula is C19H34O4. The zero-order valence-corrected chi connectivity index (χ0v) is 16.1. The van der Waals surface area contributed by atoms with E-state index < -0.39 is 0 Å². The van der Waals surface area contributed by atoms with Gasteiger partial charge in [-0.05, 0) is 0 Å². The van der Waals surface area contributed by atoms with E-state index in [-0.39, 0.29) is 0 Å². The Morgan fingerprint density at radius 3 is 1.00 bits per heavy atom. The summed E-state index contributed by atoms with van der Waals surface area (Å²) in [5.74, 6) is 5.88. The van der Waals surface area contributed by atoms with Crippen LogP contribution < -0.4 is 0 Å². The molecule has 2 aliphatic heterocycles. The molecule has 0 saturated carbocycles. The number of hydrogen-bond acceptors (Lipinski definition) is 4. The fourth-order valence-corrected chi connectivity index (χ4v) is 2.55. The molecule has 0 amide bonds. The van der Waals surface area contributed by atoms with Crippen molar-refractivity contribution in [3.8, 4) is 0 Å². The predicted octanol–water partition coefficient (Wildman–Crippen LogP) is 5.07. The van der Waals surface area contributed by atoms with Gasteiger partial charge in [0.2, 0.25) is 6.79 Å². The summed E-state index contributed by atoms with van der Waals surface area (Å²) in [6, 6.07) is 0. The Kier molecular flexibility index (Phi) is 7.80. The highest BCUT2D eigenvalue weighted by Crippen LogP contribution is 2.28. The Bertz CT molecular complexity index is 393. The molecule has 23 heavy (non-hydrogen) atoms. The minimum atomic E-state index is 0.404. The summed E-state index contributed by atoms with van der Waals surface area (Å²) in [7, 11) is 0. The third-order valence-corrected chi connectivity index (χ3v) is 3.61. The highest BCUT2D eigenvalue weighted by molar-refractivity contribution is 5.09. The molecule has 2 heterocycles. The van der Waals surface area contributed by atoms with Gasteiger partial charge in [0.15, 0.2) is 0 Å². The monoisotopic (exact) mass is 326 g/mol. The van der Waals surface area contributed by atoms with Crippen molar-refractivity contribution < 1.29 is 18.9 Å². The van der Waals surface area contributed by atoms with E-state index in [2.05, 4.69) is 55.4 Å². The van der Waals surface area contributed by atoms with Crippen LogP contribution in [-0.2, 0) is 18.9 Å². The average Bonchev–Trinajstić information content (AvgIpc) is 2.97. The van der Waals surface area contributed by atoms with Crippen LogP contribution in [0.4, 0.5) is 0 Å². The third kappa shape index (κ3) is 5.67. The molecule has 0 radical (unpaired) electrons. The second-order valence-corrected chi connectivity index (χ2v) is 7.18. The molecule has 0 saturated heterocycles. The van der Waals surface area contributed by atoms with Crippen LogP contribution in [0.2, 0.25) is 0 Å². The Morgan fingerprint density at radius 2 is 0.739 bits per heavy atom. The molecule has 0 unspecified atom stereocenters. The van der Waals surface area contributed by atoms with Gasteiger partial charge in [0.1, 0.15) is 36.3 Å². The minimum absolute atomic E-state index is 0.404. The summed E-state index contributed by atoms with van der Waals surface area (Å²) >= 11 is 0. The first kappa shape index (κ1) is 19.7. The van der Waals surface area contributed by atoms with E-state index in [1.807, 2.05) is 0 Å². The van der Waals surface area contributed by atoms with E-state index >= 15 is 0 Å². The van der Waals surface area contributed by atoms with Crippen molar-refractivity contribution in [3.05, 3.63) is 23.0 Å². The molecule has 0 aromatic rings. The van der Waals surface area contributed by atoms with Gasteiger partial charge in [-0.1, -0.05) is 55.4 Å². The van der Waals surface area contributed by atoms with Gasteiger partial charge in [0.05, 0.1) is 0 Å². The van der Waals surface area contributed by atoms with Crippen LogP contribution in [0.3, 0.4) is 0 Å². The molecule has 0 fully saturated rings. The molecule has 0 spiro atoms. The maximum absolute atomic E-state index is 5.57. The zero-order chi connectivity index (χ0) is 17.6.